The lowest BCUT2D eigenvalue weighted by Crippen LogP contribution is -2.41. The number of aromatic nitrogens is 2. The number of benzene rings is 1. The molecule has 3 aliphatic rings. The number of aryl methyl sites for hydroxylation is 1. The molecule has 0 bridgehead atoms. The third-order valence-corrected chi connectivity index (χ3v) is 7.05. The predicted octanol–water partition coefficient (Wildman–Crippen LogP) is 3.01. The molecule has 1 unspecified atom stereocenters. The molecule has 6 heteroatoms. The smallest absolute Gasteiger partial charge is 0.256 e. The number of hydrogen-bond acceptors (Lipinski definition) is 4. The summed E-state index contributed by atoms with van der Waals surface area (Å²) in [6, 6.07) is 8.90. The number of carbonyl (C=O) groups is 1. The van der Waals surface area contributed by atoms with Gasteiger partial charge in [0.15, 0.2) is 0 Å². The number of likely N-dealkylation sites (tertiary alicyclic amines) is 1. The summed E-state index contributed by atoms with van der Waals surface area (Å²) in [5.41, 5.74) is 4.23. The highest BCUT2D eigenvalue weighted by Gasteiger charge is 2.35. The van der Waals surface area contributed by atoms with Gasteiger partial charge in [-0.25, -0.2) is 4.98 Å². The number of nitrogens with one attached hydrogen (secondary N) is 1. The molecule has 6 nitrogen and oxygen atoms in total. The summed E-state index contributed by atoms with van der Waals surface area (Å²) in [4.78, 5) is 37.6. The molecule has 1 N–H and O–H groups in total. The van der Waals surface area contributed by atoms with Crippen molar-refractivity contribution in [2.24, 2.45) is 5.92 Å². The zero-order valence-corrected chi connectivity index (χ0v) is 18.4. The van der Waals surface area contributed by atoms with Crippen molar-refractivity contribution in [2.45, 2.75) is 64.5 Å². The van der Waals surface area contributed by atoms with E-state index < -0.39 is 0 Å². The van der Waals surface area contributed by atoms with E-state index in [4.69, 9.17) is 4.98 Å². The molecule has 1 aromatic heterocycles. The largest absolute Gasteiger partial charge is 0.337 e. The second-order valence-corrected chi connectivity index (χ2v) is 9.40. The topological polar surface area (TPSA) is 69.3 Å². The van der Waals surface area contributed by atoms with E-state index in [1.807, 2.05) is 4.90 Å². The van der Waals surface area contributed by atoms with Crippen LogP contribution in [0.3, 0.4) is 0 Å². The van der Waals surface area contributed by atoms with Crippen LogP contribution < -0.4 is 5.56 Å². The number of H-pyrrole nitrogens is 1. The van der Waals surface area contributed by atoms with Gasteiger partial charge in [0.1, 0.15) is 5.82 Å². The SMILES string of the molecule is CCc1ccc(CN2CCCC(c3nc4c(c(=O)[nH]3)CN(C(=O)C3CC3)CC4)C2)cc1. The Labute approximate surface area is 183 Å². The lowest BCUT2D eigenvalue weighted by Gasteiger charge is -2.33. The van der Waals surface area contributed by atoms with E-state index >= 15 is 0 Å². The van der Waals surface area contributed by atoms with Gasteiger partial charge >= 0.3 is 0 Å². The molecule has 1 saturated heterocycles. The second-order valence-electron chi connectivity index (χ2n) is 9.40. The number of hydrogen-bond donors (Lipinski definition) is 1. The van der Waals surface area contributed by atoms with Crippen LogP contribution in [-0.2, 0) is 30.7 Å². The Hall–Kier alpha value is -2.47. The quantitative estimate of drug-likeness (QED) is 0.807. The maximum absolute atomic E-state index is 12.9. The maximum atomic E-state index is 12.9. The van der Waals surface area contributed by atoms with Crippen LogP contribution in [0, 0.1) is 5.92 Å². The Kier molecular flexibility index (Phi) is 5.65. The number of rotatable bonds is 5. The fourth-order valence-electron chi connectivity index (χ4n) is 4.98. The number of nitrogens with zero attached hydrogens (tertiary/aromatic N) is 3. The molecule has 3 heterocycles. The van der Waals surface area contributed by atoms with Crippen LogP contribution >= 0.6 is 0 Å². The third kappa shape index (κ3) is 4.45. The number of piperidine rings is 1. The number of carbonyl (C=O) groups excluding carboxylic acids is 1. The van der Waals surface area contributed by atoms with Gasteiger partial charge in [-0.2, -0.15) is 0 Å². The molecular formula is C25H32N4O2. The minimum atomic E-state index is -0.0550. The van der Waals surface area contributed by atoms with Crippen LogP contribution in [0.4, 0.5) is 0 Å². The molecule has 0 spiro atoms. The molecular weight excluding hydrogens is 388 g/mol. The van der Waals surface area contributed by atoms with Crippen LogP contribution in [-0.4, -0.2) is 45.3 Å². The summed E-state index contributed by atoms with van der Waals surface area (Å²) >= 11 is 0. The molecule has 5 rings (SSSR count). The highest BCUT2D eigenvalue weighted by Crippen LogP contribution is 2.32. The van der Waals surface area contributed by atoms with Gasteiger partial charge in [-0.15, -0.1) is 0 Å². The summed E-state index contributed by atoms with van der Waals surface area (Å²) in [5, 5.41) is 0. The molecule has 1 aromatic carbocycles. The lowest BCUT2D eigenvalue weighted by molar-refractivity contribution is -0.133. The van der Waals surface area contributed by atoms with Gasteiger partial charge in [-0.05, 0) is 49.8 Å². The highest BCUT2D eigenvalue weighted by molar-refractivity contribution is 5.81. The van der Waals surface area contributed by atoms with Gasteiger partial charge in [0.2, 0.25) is 5.91 Å². The Morgan fingerprint density at radius 3 is 2.65 bits per heavy atom. The van der Waals surface area contributed by atoms with Crippen molar-refractivity contribution in [3.63, 3.8) is 0 Å². The van der Waals surface area contributed by atoms with E-state index in [1.54, 1.807) is 0 Å². The minimum absolute atomic E-state index is 0.0550. The fourth-order valence-corrected chi connectivity index (χ4v) is 4.98. The van der Waals surface area contributed by atoms with Gasteiger partial charge in [0, 0.05) is 37.9 Å². The van der Waals surface area contributed by atoms with E-state index in [0.717, 1.165) is 63.3 Å². The monoisotopic (exact) mass is 420 g/mol. The van der Waals surface area contributed by atoms with E-state index in [9.17, 15) is 9.59 Å². The van der Waals surface area contributed by atoms with E-state index in [0.29, 0.717) is 25.1 Å². The van der Waals surface area contributed by atoms with Crippen LogP contribution in [0.2, 0.25) is 0 Å². The Balaban J connectivity index is 1.28. The van der Waals surface area contributed by atoms with Crippen molar-refractivity contribution in [3.8, 4) is 0 Å². The van der Waals surface area contributed by atoms with Gasteiger partial charge in [0.05, 0.1) is 17.8 Å². The summed E-state index contributed by atoms with van der Waals surface area (Å²) in [6.45, 7) is 6.22. The Morgan fingerprint density at radius 2 is 1.90 bits per heavy atom. The molecule has 31 heavy (non-hydrogen) atoms. The molecule has 1 atom stereocenters. The zero-order chi connectivity index (χ0) is 21.4. The van der Waals surface area contributed by atoms with Crippen molar-refractivity contribution >= 4 is 5.91 Å². The lowest BCUT2D eigenvalue weighted by atomic mass is 9.95. The minimum Gasteiger partial charge on any atom is -0.337 e. The maximum Gasteiger partial charge on any atom is 0.256 e. The number of fused-ring (bicyclic) bond motifs is 1. The van der Waals surface area contributed by atoms with Gasteiger partial charge < -0.3 is 9.88 Å². The van der Waals surface area contributed by atoms with Crippen LogP contribution in [0.1, 0.15) is 66.7 Å². The van der Waals surface area contributed by atoms with Crippen molar-refractivity contribution in [1.29, 1.82) is 0 Å². The standard InChI is InChI=1S/C25H32N4O2/c1-2-17-5-7-18(8-6-17)14-28-12-3-4-20(15-28)23-26-22-11-13-29(25(31)19-9-10-19)16-21(22)24(30)27-23/h5-8,19-20H,2-4,9-16H2,1H3,(H,26,27,30). The predicted molar refractivity (Wildman–Crippen MR) is 120 cm³/mol. The molecule has 1 saturated carbocycles. The average Bonchev–Trinajstić information content (AvgIpc) is 3.65. The van der Waals surface area contributed by atoms with E-state index in [1.165, 1.54) is 11.1 Å². The first kappa shape index (κ1) is 20.4. The van der Waals surface area contributed by atoms with Crippen molar-refractivity contribution < 1.29 is 4.79 Å². The average molecular weight is 421 g/mol. The zero-order valence-electron chi connectivity index (χ0n) is 18.4. The van der Waals surface area contributed by atoms with E-state index in [2.05, 4.69) is 41.1 Å². The molecule has 2 aromatic rings. The molecule has 164 valence electrons. The third-order valence-electron chi connectivity index (χ3n) is 7.05. The van der Waals surface area contributed by atoms with Crippen LogP contribution in [0.15, 0.2) is 29.1 Å². The summed E-state index contributed by atoms with van der Waals surface area (Å²) in [7, 11) is 0. The molecule has 0 radical (unpaired) electrons. The first-order chi connectivity index (χ1) is 15.1. The highest BCUT2D eigenvalue weighted by atomic mass is 16.2. The van der Waals surface area contributed by atoms with Gasteiger partial charge in [0.25, 0.3) is 5.56 Å². The summed E-state index contributed by atoms with van der Waals surface area (Å²) in [6.07, 6.45) is 5.91. The molecule has 2 aliphatic heterocycles. The normalized spacial score (nSPS) is 21.7. The van der Waals surface area contributed by atoms with E-state index in [-0.39, 0.29) is 23.3 Å². The first-order valence-electron chi connectivity index (χ1n) is 11.8. The summed E-state index contributed by atoms with van der Waals surface area (Å²) in [5.74, 6) is 1.49. The van der Waals surface area contributed by atoms with Gasteiger partial charge in [-0.1, -0.05) is 31.2 Å². The molecule has 2 fully saturated rings. The Bertz CT molecular complexity index is 1010. The van der Waals surface area contributed by atoms with Crippen LogP contribution in [0.25, 0.3) is 0 Å². The van der Waals surface area contributed by atoms with Crippen LogP contribution in [0.5, 0.6) is 0 Å². The first-order valence-corrected chi connectivity index (χ1v) is 11.8. The fraction of sp³-hybridized carbons (Fsp3) is 0.560. The molecule has 1 aliphatic carbocycles. The number of amides is 1. The second kappa shape index (κ2) is 8.58. The van der Waals surface area contributed by atoms with Crippen molar-refractivity contribution in [3.05, 3.63) is 62.8 Å². The molecule has 1 amide bonds. The van der Waals surface area contributed by atoms with Crippen molar-refractivity contribution in [1.82, 2.24) is 19.8 Å². The summed E-state index contributed by atoms with van der Waals surface area (Å²) < 4.78 is 0. The Morgan fingerprint density at radius 1 is 1.13 bits per heavy atom. The van der Waals surface area contributed by atoms with Gasteiger partial charge in [-0.3, -0.25) is 14.5 Å². The number of aromatic amines is 1. The van der Waals surface area contributed by atoms with Crippen molar-refractivity contribution in [2.75, 3.05) is 19.6 Å².